The van der Waals surface area contributed by atoms with Crippen molar-refractivity contribution in [1.82, 2.24) is 0 Å². The summed E-state index contributed by atoms with van der Waals surface area (Å²) in [5.74, 6) is 0.831. The molecule has 0 aromatic heterocycles. The molecule has 1 saturated heterocycles. The van der Waals surface area contributed by atoms with Crippen LogP contribution in [0.3, 0.4) is 0 Å². The highest BCUT2D eigenvalue weighted by atomic mass is 16.5. The van der Waals surface area contributed by atoms with Gasteiger partial charge in [-0.2, -0.15) is 0 Å². The summed E-state index contributed by atoms with van der Waals surface area (Å²) < 4.78 is 11.2. The van der Waals surface area contributed by atoms with Crippen molar-refractivity contribution in [2.24, 2.45) is 0 Å². The van der Waals surface area contributed by atoms with Crippen LogP contribution in [0.2, 0.25) is 0 Å². The normalized spacial score (nSPS) is 25.0. The number of aliphatic hydroxyl groups is 2. The zero-order valence-corrected chi connectivity index (χ0v) is 13.2. The van der Waals surface area contributed by atoms with Crippen LogP contribution < -0.4 is 10.1 Å². The minimum absolute atomic E-state index is 0.145. The van der Waals surface area contributed by atoms with Crippen molar-refractivity contribution >= 4 is 5.69 Å². The fourth-order valence-electron chi connectivity index (χ4n) is 2.45. The first-order valence-electron chi connectivity index (χ1n) is 8.16. The molecular weight excluding hydrogens is 282 g/mol. The molecule has 0 amide bonds. The Balaban J connectivity index is 1.78. The van der Waals surface area contributed by atoms with Gasteiger partial charge in [-0.3, -0.25) is 0 Å². The molecule has 3 unspecified atom stereocenters. The number of aliphatic hydroxyl groups excluding tert-OH is 2. The van der Waals surface area contributed by atoms with Crippen LogP contribution in [-0.4, -0.2) is 41.9 Å². The third-order valence-electron chi connectivity index (χ3n) is 3.80. The highest BCUT2D eigenvalue weighted by molar-refractivity contribution is 5.48. The van der Waals surface area contributed by atoms with E-state index in [0.29, 0.717) is 6.42 Å². The van der Waals surface area contributed by atoms with Gasteiger partial charge in [-0.1, -0.05) is 32.3 Å². The molecular formula is C17H27NO4. The molecule has 3 atom stereocenters. The van der Waals surface area contributed by atoms with E-state index in [0.717, 1.165) is 24.5 Å². The molecule has 0 saturated carbocycles. The molecule has 0 bridgehead atoms. The topological polar surface area (TPSA) is 71.0 Å². The summed E-state index contributed by atoms with van der Waals surface area (Å²) in [6.07, 6.45) is 3.27. The van der Waals surface area contributed by atoms with Crippen molar-refractivity contribution < 1.29 is 19.7 Å². The van der Waals surface area contributed by atoms with Crippen LogP contribution in [0.4, 0.5) is 5.69 Å². The van der Waals surface area contributed by atoms with Gasteiger partial charge in [0, 0.05) is 18.2 Å². The maximum absolute atomic E-state index is 9.67. The third kappa shape index (κ3) is 5.48. The van der Waals surface area contributed by atoms with Crippen LogP contribution >= 0.6 is 0 Å². The Morgan fingerprint density at radius 2 is 2.09 bits per heavy atom. The van der Waals surface area contributed by atoms with E-state index in [1.54, 1.807) is 0 Å². The smallest absolute Gasteiger partial charge is 0.130 e. The molecule has 1 aromatic carbocycles. The number of unbranched alkanes of at least 4 members (excludes halogenated alkanes) is 3. The average molecular weight is 309 g/mol. The van der Waals surface area contributed by atoms with Crippen LogP contribution in [0.5, 0.6) is 5.75 Å². The van der Waals surface area contributed by atoms with Crippen molar-refractivity contribution in [3.63, 3.8) is 0 Å². The fourth-order valence-corrected chi connectivity index (χ4v) is 2.45. The largest absolute Gasteiger partial charge is 0.494 e. The summed E-state index contributed by atoms with van der Waals surface area (Å²) in [6, 6.07) is 7.73. The lowest BCUT2D eigenvalue weighted by Crippen LogP contribution is -2.44. The first-order valence-corrected chi connectivity index (χ1v) is 8.16. The molecule has 1 heterocycles. The van der Waals surface area contributed by atoms with Gasteiger partial charge in [0.25, 0.3) is 0 Å². The Bertz CT molecular complexity index is 440. The molecule has 0 aliphatic carbocycles. The number of rotatable bonds is 8. The standard InChI is InChI=1S/C17H27NO4/c1-2-3-4-5-9-21-14-8-6-7-13(10-14)18-17-11-15(19)16(20)12-22-17/h6-8,10,15-20H,2-5,9,11-12H2,1H3. The molecule has 1 fully saturated rings. The van der Waals surface area contributed by atoms with Gasteiger partial charge in [0.2, 0.25) is 0 Å². The van der Waals surface area contributed by atoms with E-state index < -0.39 is 12.2 Å². The highest BCUT2D eigenvalue weighted by Gasteiger charge is 2.28. The van der Waals surface area contributed by atoms with Crippen molar-refractivity contribution in [3.05, 3.63) is 24.3 Å². The van der Waals surface area contributed by atoms with Gasteiger partial charge < -0.3 is 25.0 Å². The number of nitrogens with one attached hydrogen (secondary N) is 1. The van der Waals surface area contributed by atoms with Crippen LogP contribution in [0, 0.1) is 0 Å². The van der Waals surface area contributed by atoms with E-state index in [9.17, 15) is 10.2 Å². The van der Waals surface area contributed by atoms with Crippen LogP contribution in [-0.2, 0) is 4.74 Å². The van der Waals surface area contributed by atoms with Gasteiger partial charge >= 0.3 is 0 Å². The molecule has 124 valence electrons. The number of ether oxygens (including phenoxy) is 2. The molecule has 2 rings (SSSR count). The first kappa shape index (κ1) is 17.1. The van der Waals surface area contributed by atoms with Gasteiger partial charge in [0.05, 0.1) is 19.3 Å². The molecule has 5 heteroatoms. The Morgan fingerprint density at radius 1 is 1.23 bits per heavy atom. The second kappa shape index (κ2) is 8.98. The van der Waals surface area contributed by atoms with Gasteiger partial charge in [0.1, 0.15) is 18.1 Å². The van der Waals surface area contributed by atoms with E-state index in [1.807, 2.05) is 24.3 Å². The summed E-state index contributed by atoms with van der Waals surface area (Å²) >= 11 is 0. The van der Waals surface area contributed by atoms with Crippen molar-refractivity contribution in [2.75, 3.05) is 18.5 Å². The highest BCUT2D eigenvalue weighted by Crippen LogP contribution is 2.21. The molecule has 0 spiro atoms. The van der Waals surface area contributed by atoms with Gasteiger partial charge in [-0.25, -0.2) is 0 Å². The average Bonchev–Trinajstić information content (AvgIpc) is 2.51. The van der Waals surface area contributed by atoms with Crippen molar-refractivity contribution in [1.29, 1.82) is 0 Å². The summed E-state index contributed by atoms with van der Waals surface area (Å²) in [5, 5.41) is 22.3. The maximum atomic E-state index is 9.67. The summed E-state index contributed by atoms with van der Waals surface area (Å²) in [5.41, 5.74) is 0.889. The Kier molecular flexibility index (Phi) is 6.96. The minimum atomic E-state index is -0.796. The molecule has 0 radical (unpaired) electrons. The Hall–Kier alpha value is -1.30. The minimum Gasteiger partial charge on any atom is -0.494 e. The third-order valence-corrected chi connectivity index (χ3v) is 3.80. The Labute approximate surface area is 132 Å². The lowest BCUT2D eigenvalue weighted by molar-refractivity contribution is -0.112. The molecule has 3 N–H and O–H groups in total. The SMILES string of the molecule is CCCCCCOc1cccc(NC2CC(O)C(O)CO2)c1. The van der Waals surface area contributed by atoms with Crippen molar-refractivity contribution in [3.8, 4) is 5.75 Å². The van der Waals surface area contributed by atoms with Gasteiger partial charge in [0.15, 0.2) is 0 Å². The molecule has 1 aromatic rings. The maximum Gasteiger partial charge on any atom is 0.130 e. The molecule has 5 nitrogen and oxygen atoms in total. The quantitative estimate of drug-likeness (QED) is 0.644. The predicted octanol–water partition coefficient (Wildman–Crippen LogP) is 2.53. The number of anilines is 1. The number of hydrogen-bond donors (Lipinski definition) is 3. The molecule has 1 aliphatic rings. The second-order valence-electron chi connectivity index (χ2n) is 5.77. The van der Waals surface area contributed by atoms with E-state index in [2.05, 4.69) is 12.2 Å². The Morgan fingerprint density at radius 3 is 2.86 bits per heavy atom. The van der Waals surface area contributed by atoms with E-state index in [-0.39, 0.29) is 12.8 Å². The summed E-state index contributed by atoms with van der Waals surface area (Å²) in [7, 11) is 0. The monoisotopic (exact) mass is 309 g/mol. The zero-order chi connectivity index (χ0) is 15.8. The van der Waals surface area contributed by atoms with E-state index in [1.165, 1.54) is 19.3 Å². The van der Waals surface area contributed by atoms with Gasteiger partial charge in [-0.05, 0) is 18.6 Å². The van der Waals surface area contributed by atoms with Crippen LogP contribution in [0.15, 0.2) is 24.3 Å². The van der Waals surface area contributed by atoms with Crippen LogP contribution in [0.1, 0.15) is 39.0 Å². The summed E-state index contributed by atoms with van der Waals surface area (Å²) in [4.78, 5) is 0. The number of hydrogen-bond acceptors (Lipinski definition) is 5. The van der Waals surface area contributed by atoms with Gasteiger partial charge in [-0.15, -0.1) is 0 Å². The van der Waals surface area contributed by atoms with E-state index >= 15 is 0 Å². The van der Waals surface area contributed by atoms with Crippen LogP contribution in [0.25, 0.3) is 0 Å². The molecule has 1 aliphatic heterocycles. The van der Waals surface area contributed by atoms with Crippen molar-refractivity contribution in [2.45, 2.75) is 57.5 Å². The first-order chi connectivity index (χ1) is 10.7. The van der Waals surface area contributed by atoms with E-state index in [4.69, 9.17) is 9.47 Å². The second-order valence-corrected chi connectivity index (χ2v) is 5.77. The fraction of sp³-hybridized carbons (Fsp3) is 0.647. The number of benzene rings is 1. The zero-order valence-electron chi connectivity index (χ0n) is 13.2. The summed E-state index contributed by atoms with van der Waals surface area (Å²) in [6.45, 7) is 3.07. The predicted molar refractivity (Wildman–Crippen MR) is 86.1 cm³/mol. The lowest BCUT2D eigenvalue weighted by atomic mass is 10.1. The lowest BCUT2D eigenvalue weighted by Gasteiger charge is -2.31. The molecule has 22 heavy (non-hydrogen) atoms.